The van der Waals surface area contributed by atoms with Crippen molar-refractivity contribution in [3.05, 3.63) is 0 Å². The van der Waals surface area contributed by atoms with Gasteiger partial charge in [-0.25, -0.2) is 0 Å². The molecule has 4 heteroatoms. The van der Waals surface area contributed by atoms with Gasteiger partial charge in [-0.1, -0.05) is 0 Å². The molecule has 4 nitrogen and oxygen atoms in total. The number of hydrogen-bond donors (Lipinski definition) is 1. The van der Waals surface area contributed by atoms with Crippen LogP contribution in [-0.2, 0) is 9.59 Å². The van der Waals surface area contributed by atoms with E-state index in [1.807, 2.05) is 4.90 Å². The maximum absolute atomic E-state index is 10.9. The van der Waals surface area contributed by atoms with Gasteiger partial charge in [0.05, 0.1) is 0 Å². The lowest BCUT2D eigenvalue weighted by Crippen LogP contribution is -2.37. The maximum atomic E-state index is 10.9. The SMILES string of the molecule is CC(=O)NC1CC12CCN(C=O)CC2. The number of nitrogens with zero attached hydrogens (tertiary/aromatic N) is 1. The number of piperidine rings is 1. The molecule has 2 rings (SSSR count). The Morgan fingerprint density at radius 2 is 2.14 bits per heavy atom. The Kier molecular flexibility index (Phi) is 2.21. The minimum atomic E-state index is 0.0599. The summed E-state index contributed by atoms with van der Waals surface area (Å²) in [6, 6.07) is 0.369. The van der Waals surface area contributed by atoms with Crippen molar-refractivity contribution in [2.75, 3.05) is 13.1 Å². The molecule has 0 bridgehead atoms. The first kappa shape index (κ1) is 9.49. The molecule has 1 heterocycles. The predicted molar refractivity (Wildman–Crippen MR) is 51.5 cm³/mol. The van der Waals surface area contributed by atoms with Crippen molar-refractivity contribution >= 4 is 12.3 Å². The summed E-state index contributed by atoms with van der Waals surface area (Å²) in [5, 5.41) is 2.96. The molecule has 1 atom stereocenters. The molecule has 1 spiro atoms. The Morgan fingerprint density at radius 3 is 2.64 bits per heavy atom. The minimum absolute atomic E-state index is 0.0599. The molecular formula is C10H16N2O2. The smallest absolute Gasteiger partial charge is 0.217 e. The van der Waals surface area contributed by atoms with Crippen LogP contribution in [0.1, 0.15) is 26.2 Å². The molecular weight excluding hydrogens is 180 g/mol. The van der Waals surface area contributed by atoms with Crippen LogP contribution >= 0.6 is 0 Å². The Bertz CT molecular complexity index is 257. The lowest BCUT2D eigenvalue weighted by atomic mass is 9.93. The highest BCUT2D eigenvalue weighted by molar-refractivity contribution is 5.73. The van der Waals surface area contributed by atoms with Crippen molar-refractivity contribution in [3.8, 4) is 0 Å². The first-order valence-electron chi connectivity index (χ1n) is 5.13. The van der Waals surface area contributed by atoms with Gasteiger partial charge in [-0.05, 0) is 24.7 Å². The van der Waals surface area contributed by atoms with Gasteiger partial charge in [-0.3, -0.25) is 9.59 Å². The third-order valence-corrected chi connectivity index (χ3v) is 3.51. The third kappa shape index (κ3) is 1.61. The van der Waals surface area contributed by atoms with Crippen LogP contribution in [0, 0.1) is 5.41 Å². The molecule has 0 aromatic heterocycles. The van der Waals surface area contributed by atoms with Crippen LogP contribution < -0.4 is 5.32 Å². The number of hydrogen-bond acceptors (Lipinski definition) is 2. The number of amides is 2. The number of rotatable bonds is 2. The van der Waals surface area contributed by atoms with Gasteiger partial charge in [0.25, 0.3) is 0 Å². The molecule has 1 saturated carbocycles. The van der Waals surface area contributed by atoms with E-state index in [1.165, 1.54) is 0 Å². The molecule has 2 amide bonds. The molecule has 14 heavy (non-hydrogen) atoms. The van der Waals surface area contributed by atoms with Gasteiger partial charge in [0.2, 0.25) is 12.3 Å². The molecule has 0 aromatic rings. The highest BCUT2D eigenvalue weighted by Gasteiger charge is 2.55. The van der Waals surface area contributed by atoms with Crippen molar-refractivity contribution in [1.82, 2.24) is 10.2 Å². The highest BCUT2D eigenvalue weighted by Crippen LogP contribution is 2.53. The largest absolute Gasteiger partial charge is 0.353 e. The monoisotopic (exact) mass is 196 g/mol. The molecule has 0 radical (unpaired) electrons. The summed E-state index contributed by atoms with van der Waals surface area (Å²) in [5.41, 5.74) is 0.325. The van der Waals surface area contributed by atoms with Crippen LogP contribution in [0.15, 0.2) is 0 Å². The summed E-state index contributed by atoms with van der Waals surface area (Å²) in [5.74, 6) is 0.0599. The van der Waals surface area contributed by atoms with E-state index >= 15 is 0 Å². The molecule has 1 saturated heterocycles. The quantitative estimate of drug-likeness (QED) is 0.638. The lowest BCUT2D eigenvalue weighted by Gasteiger charge is -2.30. The first-order chi connectivity index (χ1) is 6.66. The van der Waals surface area contributed by atoms with E-state index in [4.69, 9.17) is 0 Å². The maximum Gasteiger partial charge on any atom is 0.217 e. The first-order valence-corrected chi connectivity index (χ1v) is 5.13. The number of likely N-dealkylation sites (tertiary alicyclic amines) is 1. The summed E-state index contributed by atoms with van der Waals surface area (Å²) in [4.78, 5) is 23.2. The average Bonchev–Trinajstić information content (AvgIpc) is 2.79. The van der Waals surface area contributed by atoms with Crippen LogP contribution in [0.5, 0.6) is 0 Å². The third-order valence-electron chi connectivity index (χ3n) is 3.51. The number of carbonyl (C=O) groups is 2. The van der Waals surface area contributed by atoms with Crippen molar-refractivity contribution in [2.45, 2.75) is 32.2 Å². The summed E-state index contributed by atoms with van der Waals surface area (Å²) >= 11 is 0. The van der Waals surface area contributed by atoms with Crippen LogP contribution in [0.25, 0.3) is 0 Å². The molecule has 2 aliphatic rings. The Balaban J connectivity index is 1.84. The fourth-order valence-electron chi connectivity index (χ4n) is 2.42. The number of nitrogens with one attached hydrogen (secondary N) is 1. The van der Waals surface area contributed by atoms with E-state index < -0.39 is 0 Å². The molecule has 1 aliphatic carbocycles. The standard InChI is InChI=1S/C10H16N2O2/c1-8(14)11-9-6-10(9)2-4-12(7-13)5-3-10/h7,9H,2-6H2,1H3,(H,11,14). The van der Waals surface area contributed by atoms with Gasteiger partial charge in [0, 0.05) is 26.1 Å². The van der Waals surface area contributed by atoms with E-state index in [9.17, 15) is 9.59 Å². The Labute approximate surface area is 83.6 Å². The average molecular weight is 196 g/mol. The van der Waals surface area contributed by atoms with Crippen molar-refractivity contribution in [2.24, 2.45) is 5.41 Å². The van der Waals surface area contributed by atoms with Crippen LogP contribution in [0.3, 0.4) is 0 Å². The summed E-state index contributed by atoms with van der Waals surface area (Å²) in [7, 11) is 0. The summed E-state index contributed by atoms with van der Waals surface area (Å²) in [6.45, 7) is 3.26. The molecule has 1 aliphatic heterocycles. The molecule has 1 unspecified atom stereocenters. The van der Waals surface area contributed by atoms with Crippen molar-refractivity contribution in [3.63, 3.8) is 0 Å². The molecule has 0 aromatic carbocycles. The van der Waals surface area contributed by atoms with Gasteiger partial charge in [0.1, 0.15) is 0 Å². The molecule has 2 fully saturated rings. The summed E-state index contributed by atoms with van der Waals surface area (Å²) < 4.78 is 0. The fourth-order valence-corrected chi connectivity index (χ4v) is 2.42. The van der Waals surface area contributed by atoms with E-state index in [0.717, 1.165) is 38.8 Å². The lowest BCUT2D eigenvalue weighted by molar-refractivity contribution is -0.121. The molecule has 78 valence electrons. The van der Waals surface area contributed by atoms with Gasteiger partial charge < -0.3 is 10.2 Å². The predicted octanol–water partition coefficient (Wildman–Crippen LogP) is 0.133. The second-order valence-corrected chi connectivity index (χ2v) is 4.46. The number of carbonyl (C=O) groups excluding carboxylic acids is 2. The van der Waals surface area contributed by atoms with Crippen LogP contribution in [0.4, 0.5) is 0 Å². The second-order valence-electron chi connectivity index (χ2n) is 4.46. The normalized spacial score (nSPS) is 28.6. The van der Waals surface area contributed by atoms with E-state index in [2.05, 4.69) is 5.32 Å². The summed E-state index contributed by atoms with van der Waals surface area (Å²) in [6.07, 6.45) is 4.09. The topological polar surface area (TPSA) is 49.4 Å². The van der Waals surface area contributed by atoms with Gasteiger partial charge in [-0.15, -0.1) is 0 Å². The zero-order chi connectivity index (χ0) is 10.2. The zero-order valence-corrected chi connectivity index (χ0v) is 8.45. The highest BCUT2D eigenvalue weighted by atomic mass is 16.1. The molecule has 1 N–H and O–H groups in total. The second kappa shape index (κ2) is 3.26. The van der Waals surface area contributed by atoms with E-state index in [0.29, 0.717) is 11.5 Å². The van der Waals surface area contributed by atoms with Crippen LogP contribution in [0.2, 0.25) is 0 Å². The van der Waals surface area contributed by atoms with E-state index in [1.54, 1.807) is 6.92 Å². The van der Waals surface area contributed by atoms with Crippen molar-refractivity contribution in [1.29, 1.82) is 0 Å². The van der Waals surface area contributed by atoms with Gasteiger partial charge in [-0.2, -0.15) is 0 Å². The van der Waals surface area contributed by atoms with Gasteiger partial charge in [0.15, 0.2) is 0 Å². The Hall–Kier alpha value is -1.06. The van der Waals surface area contributed by atoms with Crippen LogP contribution in [-0.4, -0.2) is 36.3 Å². The van der Waals surface area contributed by atoms with E-state index in [-0.39, 0.29) is 5.91 Å². The Morgan fingerprint density at radius 1 is 1.50 bits per heavy atom. The van der Waals surface area contributed by atoms with Crippen molar-refractivity contribution < 1.29 is 9.59 Å². The zero-order valence-electron chi connectivity index (χ0n) is 8.45. The fraction of sp³-hybridized carbons (Fsp3) is 0.800. The van der Waals surface area contributed by atoms with Gasteiger partial charge >= 0.3 is 0 Å². The minimum Gasteiger partial charge on any atom is -0.353 e.